The number of carbonyl (C=O) groups is 1. The second kappa shape index (κ2) is 9.66. The van der Waals surface area contributed by atoms with E-state index in [0.717, 1.165) is 59.5 Å². The fraction of sp³-hybridized carbons (Fsp3) is 0.333. The highest BCUT2D eigenvalue weighted by Crippen LogP contribution is 2.28. The van der Waals surface area contributed by atoms with Gasteiger partial charge in [-0.3, -0.25) is 9.88 Å². The monoisotopic (exact) mass is 420 g/mol. The average Bonchev–Trinajstić information content (AvgIpc) is 2.75. The van der Waals surface area contributed by atoms with Gasteiger partial charge < -0.3 is 20.5 Å². The van der Waals surface area contributed by atoms with Gasteiger partial charge in [0.1, 0.15) is 12.4 Å². The zero-order valence-corrected chi connectivity index (χ0v) is 17.7. The maximum atomic E-state index is 11.0. The summed E-state index contributed by atoms with van der Waals surface area (Å²) in [6.45, 7) is 4.05. The van der Waals surface area contributed by atoms with Gasteiger partial charge in [0.05, 0.1) is 11.7 Å². The minimum atomic E-state index is -0.976. The van der Waals surface area contributed by atoms with Crippen molar-refractivity contribution in [3.63, 3.8) is 0 Å². The van der Waals surface area contributed by atoms with Crippen molar-refractivity contribution < 1.29 is 14.6 Å². The summed E-state index contributed by atoms with van der Waals surface area (Å²) < 4.78 is 5.98. The van der Waals surface area contributed by atoms with Crippen molar-refractivity contribution in [3.8, 4) is 5.75 Å². The molecule has 1 fully saturated rings. The van der Waals surface area contributed by atoms with Crippen molar-refractivity contribution in [3.05, 3.63) is 60.3 Å². The molecule has 3 N–H and O–H groups in total. The number of ether oxygens (including phenoxy) is 1. The summed E-state index contributed by atoms with van der Waals surface area (Å²) in [5, 5.41) is 16.2. The van der Waals surface area contributed by atoms with E-state index in [-0.39, 0.29) is 6.17 Å². The Kier molecular flexibility index (Phi) is 6.52. The Morgan fingerprint density at radius 1 is 1.19 bits per heavy atom. The third-order valence-electron chi connectivity index (χ3n) is 5.51. The normalized spacial score (nSPS) is 16.7. The van der Waals surface area contributed by atoms with Crippen molar-refractivity contribution in [2.24, 2.45) is 0 Å². The summed E-state index contributed by atoms with van der Waals surface area (Å²) in [4.78, 5) is 17.8. The lowest BCUT2D eigenvalue weighted by Crippen LogP contribution is -2.51. The predicted octanol–water partition coefficient (Wildman–Crippen LogP) is 4.75. The molecule has 162 valence electrons. The standard InChI is InChI=1S/C24H28N4O3/c1-17-15-22(20-9-2-3-10-21(20)25-17)26-18-7-6-8-19(16-18)31-14-13-28-12-5-4-11-23(28)27-24(29)30/h2-3,6-10,15-16,23,27H,4-5,11-14H2,1H3,(H,25,26)(H,29,30). The smallest absolute Gasteiger partial charge is 0.405 e. The van der Waals surface area contributed by atoms with Crippen LogP contribution < -0.4 is 15.4 Å². The summed E-state index contributed by atoms with van der Waals surface area (Å²) in [6, 6.07) is 18.0. The minimum absolute atomic E-state index is 0.133. The number of carboxylic acid groups (broad SMARTS) is 1. The minimum Gasteiger partial charge on any atom is -0.492 e. The van der Waals surface area contributed by atoms with Crippen molar-refractivity contribution in [1.82, 2.24) is 15.2 Å². The quantitative estimate of drug-likeness (QED) is 0.512. The number of hydrogen-bond acceptors (Lipinski definition) is 5. The highest BCUT2D eigenvalue weighted by molar-refractivity contribution is 5.93. The molecule has 0 aliphatic carbocycles. The molecule has 7 nitrogen and oxygen atoms in total. The van der Waals surface area contributed by atoms with Crippen LogP contribution in [0.15, 0.2) is 54.6 Å². The van der Waals surface area contributed by atoms with Crippen LogP contribution in [-0.4, -0.2) is 46.9 Å². The third-order valence-corrected chi connectivity index (χ3v) is 5.51. The molecule has 2 aromatic carbocycles. The Bertz CT molecular complexity index is 1060. The SMILES string of the molecule is Cc1cc(Nc2cccc(OCCN3CCCCC3NC(=O)O)c2)c2ccccc2n1. The molecule has 31 heavy (non-hydrogen) atoms. The number of nitrogens with one attached hydrogen (secondary N) is 2. The van der Waals surface area contributed by atoms with Crippen LogP contribution in [0.3, 0.4) is 0 Å². The van der Waals surface area contributed by atoms with Gasteiger partial charge in [-0.15, -0.1) is 0 Å². The number of amides is 1. The number of pyridine rings is 1. The molecule has 1 saturated heterocycles. The van der Waals surface area contributed by atoms with Crippen LogP contribution in [0.1, 0.15) is 25.0 Å². The van der Waals surface area contributed by atoms with E-state index < -0.39 is 6.09 Å². The molecule has 1 unspecified atom stereocenters. The number of benzene rings is 2. The number of anilines is 2. The van der Waals surface area contributed by atoms with E-state index in [1.165, 1.54) is 0 Å². The van der Waals surface area contributed by atoms with Gasteiger partial charge in [-0.05, 0) is 50.5 Å². The molecule has 0 saturated carbocycles. The lowest BCUT2D eigenvalue weighted by molar-refractivity contribution is 0.0959. The summed E-state index contributed by atoms with van der Waals surface area (Å²) in [7, 11) is 0. The van der Waals surface area contributed by atoms with Crippen LogP contribution in [0.2, 0.25) is 0 Å². The predicted molar refractivity (Wildman–Crippen MR) is 122 cm³/mol. The van der Waals surface area contributed by atoms with Crippen molar-refractivity contribution in [2.75, 3.05) is 25.0 Å². The molecule has 1 atom stereocenters. The van der Waals surface area contributed by atoms with Crippen molar-refractivity contribution >= 4 is 28.4 Å². The topological polar surface area (TPSA) is 86.7 Å². The Morgan fingerprint density at radius 3 is 2.94 bits per heavy atom. The maximum absolute atomic E-state index is 11.0. The van der Waals surface area contributed by atoms with Crippen LogP contribution >= 0.6 is 0 Å². The number of aromatic nitrogens is 1. The number of likely N-dealkylation sites (tertiary alicyclic amines) is 1. The Labute approximate surface area is 182 Å². The molecule has 0 spiro atoms. The zero-order chi connectivity index (χ0) is 21.6. The van der Waals surface area contributed by atoms with E-state index in [9.17, 15) is 4.79 Å². The number of hydrogen-bond donors (Lipinski definition) is 3. The van der Waals surface area contributed by atoms with Gasteiger partial charge in [-0.1, -0.05) is 24.3 Å². The molecule has 0 radical (unpaired) electrons. The van der Waals surface area contributed by atoms with E-state index in [1.807, 2.05) is 55.5 Å². The fourth-order valence-electron chi connectivity index (χ4n) is 4.08. The molecule has 7 heteroatoms. The van der Waals surface area contributed by atoms with E-state index in [2.05, 4.69) is 26.6 Å². The van der Waals surface area contributed by atoms with Crippen LogP contribution in [0, 0.1) is 6.92 Å². The molecule has 1 amide bonds. The van der Waals surface area contributed by atoms with Crippen LogP contribution in [0.5, 0.6) is 5.75 Å². The lowest BCUT2D eigenvalue weighted by Gasteiger charge is -2.35. The van der Waals surface area contributed by atoms with Crippen molar-refractivity contribution in [2.45, 2.75) is 32.4 Å². The highest BCUT2D eigenvalue weighted by Gasteiger charge is 2.23. The molecule has 0 bridgehead atoms. The number of fused-ring (bicyclic) bond motifs is 1. The van der Waals surface area contributed by atoms with E-state index in [1.54, 1.807) is 0 Å². The number of rotatable bonds is 7. The van der Waals surface area contributed by atoms with Crippen LogP contribution in [0.4, 0.5) is 16.2 Å². The fourth-order valence-corrected chi connectivity index (χ4v) is 4.08. The Balaban J connectivity index is 1.39. The first-order chi connectivity index (χ1) is 15.1. The summed E-state index contributed by atoms with van der Waals surface area (Å²) in [6.07, 6.45) is 1.85. The summed E-state index contributed by atoms with van der Waals surface area (Å²) in [5.41, 5.74) is 3.87. The molecule has 1 aliphatic rings. The first-order valence-corrected chi connectivity index (χ1v) is 10.7. The van der Waals surface area contributed by atoms with Gasteiger partial charge in [0.15, 0.2) is 0 Å². The zero-order valence-electron chi connectivity index (χ0n) is 17.7. The highest BCUT2D eigenvalue weighted by atomic mass is 16.5. The van der Waals surface area contributed by atoms with E-state index >= 15 is 0 Å². The average molecular weight is 421 g/mol. The summed E-state index contributed by atoms with van der Waals surface area (Å²) in [5.74, 6) is 0.778. The molecule has 3 aromatic rings. The number of para-hydroxylation sites is 1. The molecule has 1 aliphatic heterocycles. The Morgan fingerprint density at radius 2 is 2.06 bits per heavy atom. The lowest BCUT2D eigenvalue weighted by atomic mass is 10.1. The number of piperidine rings is 1. The first-order valence-electron chi connectivity index (χ1n) is 10.7. The van der Waals surface area contributed by atoms with E-state index in [4.69, 9.17) is 9.84 Å². The van der Waals surface area contributed by atoms with Crippen LogP contribution in [-0.2, 0) is 0 Å². The second-order valence-corrected chi connectivity index (χ2v) is 7.83. The maximum Gasteiger partial charge on any atom is 0.405 e. The van der Waals surface area contributed by atoms with Gasteiger partial charge in [0.2, 0.25) is 0 Å². The number of nitrogens with zero attached hydrogens (tertiary/aromatic N) is 2. The second-order valence-electron chi connectivity index (χ2n) is 7.83. The van der Waals surface area contributed by atoms with Gasteiger partial charge in [0, 0.05) is 41.6 Å². The summed E-state index contributed by atoms with van der Waals surface area (Å²) >= 11 is 0. The molecule has 4 rings (SSSR count). The number of aryl methyl sites for hydroxylation is 1. The largest absolute Gasteiger partial charge is 0.492 e. The van der Waals surface area contributed by atoms with Gasteiger partial charge in [-0.2, -0.15) is 0 Å². The molecular formula is C24H28N4O3. The Hall–Kier alpha value is -3.32. The van der Waals surface area contributed by atoms with Crippen LogP contribution in [0.25, 0.3) is 10.9 Å². The van der Waals surface area contributed by atoms with Crippen molar-refractivity contribution in [1.29, 1.82) is 0 Å². The first kappa shape index (κ1) is 20.9. The molecule has 2 heterocycles. The molecular weight excluding hydrogens is 392 g/mol. The third kappa shape index (κ3) is 5.44. The molecule has 1 aromatic heterocycles. The van der Waals surface area contributed by atoms with E-state index in [0.29, 0.717) is 13.2 Å². The van der Waals surface area contributed by atoms with Gasteiger partial charge >= 0.3 is 6.09 Å². The van der Waals surface area contributed by atoms with Gasteiger partial charge in [-0.25, -0.2) is 4.79 Å². The van der Waals surface area contributed by atoms with Gasteiger partial charge in [0.25, 0.3) is 0 Å².